The third-order valence-corrected chi connectivity index (χ3v) is 3.94. The normalized spacial score (nSPS) is 13.0. The van der Waals surface area contributed by atoms with E-state index in [4.69, 9.17) is 4.74 Å². The summed E-state index contributed by atoms with van der Waals surface area (Å²) in [6.07, 6.45) is 0. The second-order valence-electron chi connectivity index (χ2n) is 5.15. The maximum atomic E-state index is 10.0. The van der Waals surface area contributed by atoms with E-state index in [2.05, 4.69) is 4.98 Å². The molecule has 0 atom stereocenters. The van der Waals surface area contributed by atoms with Crippen molar-refractivity contribution in [2.24, 2.45) is 0 Å². The summed E-state index contributed by atoms with van der Waals surface area (Å²) in [4.78, 5) is 4.22. The Bertz CT molecular complexity index is 525. The van der Waals surface area contributed by atoms with Crippen LogP contribution in [0.15, 0.2) is 23.7 Å². The van der Waals surface area contributed by atoms with Crippen molar-refractivity contribution in [3.8, 4) is 5.75 Å². The Labute approximate surface area is 105 Å². The molecule has 1 N–H and O–H groups in total. The zero-order valence-electron chi connectivity index (χ0n) is 10.5. The molecule has 4 heteroatoms. The molecule has 0 unspecified atom stereocenters. The Morgan fingerprint density at radius 2 is 1.94 bits per heavy atom. The summed E-state index contributed by atoms with van der Waals surface area (Å²) >= 11 is 1.58. The van der Waals surface area contributed by atoms with E-state index in [9.17, 15) is 5.11 Å². The Morgan fingerprint density at radius 1 is 1.24 bits per heavy atom. The smallest absolute Gasteiger partial charge is 0.131 e. The third-order valence-electron chi connectivity index (χ3n) is 3.15. The van der Waals surface area contributed by atoms with Gasteiger partial charge in [0.15, 0.2) is 0 Å². The summed E-state index contributed by atoms with van der Waals surface area (Å²) in [5.41, 5.74) is 1.24. The van der Waals surface area contributed by atoms with Gasteiger partial charge in [-0.1, -0.05) is 0 Å². The molecule has 17 heavy (non-hydrogen) atoms. The number of hydrogen-bond acceptors (Lipinski definition) is 4. The maximum Gasteiger partial charge on any atom is 0.131 e. The topological polar surface area (TPSA) is 42.4 Å². The number of thiazole rings is 1. The molecule has 0 fully saturated rings. The van der Waals surface area contributed by atoms with E-state index in [-0.39, 0.29) is 0 Å². The number of hydrogen-bond donors (Lipinski definition) is 1. The van der Waals surface area contributed by atoms with Gasteiger partial charge in [-0.25, -0.2) is 4.98 Å². The number of aliphatic hydroxyl groups is 1. The SMILES string of the molecule is CC(C)(O)C(C)(C)Oc1ccc2ncsc2c1. The minimum absolute atomic E-state index is 0.647. The van der Waals surface area contributed by atoms with Crippen LogP contribution in [-0.4, -0.2) is 21.3 Å². The van der Waals surface area contributed by atoms with Gasteiger partial charge < -0.3 is 9.84 Å². The molecule has 1 aromatic heterocycles. The first kappa shape index (κ1) is 12.3. The molecule has 0 bridgehead atoms. The molecule has 0 spiro atoms. The second kappa shape index (κ2) is 3.96. The van der Waals surface area contributed by atoms with Crippen molar-refractivity contribution in [2.75, 3.05) is 0 Å². The zero-order valence-corrected chi connectivity index (χ0v) is 11.3. The standard InChI is InChI=1S/C13H17NO2S/c1-12(2,15)13(3,4)16-9-5-6-10-11(7-9)17-8-14-10/h5-8,15H,1-4H3. The van der Waals surface area contributed by atoms with E-state index >= 15 is 0 Å². The van der Waals surface area contributed by atoms with Gasteiger partial charge in [0.05, 0.1) is 21.3 Å². The molecule has 1 heterocycles. The van der Waals surface area contributed by atoms with E-state index in [1.165, 1.54) is 0 Å². The summed E-state index contributed by atoms with van der Waals surface area (Å²) in [7, 11) is 0. The number of benzene rings is 1. The Hall–Kier alpha value is -1.13. The van der Waals surface area contributed by atoms with Crippen molar-refractivity contribution >= 4 is 21.6 Å². The van der Waals surface area contributed by atoms with E-state index in [0.717, 1.165) is 16.0 Å². The number of rotatable bonds is 3. The van der Waals surface area contributed by atoms with Gasteiger partial charge in [-0.3, -0.25) is 0 Å². The first-order valence-electron chi connectivity index (χ1n) is 5.54. The third kappa shape index (κ3) is 2.42. The lowest BCUT2D eigenvalue weighted by molar-refractivity contribution is -0.0906. The summed E-state index contributed by atoms with van der Waals surface area (Å²) in [5.74, 6) is 0.758. The van der Waals surface area contributed by atoms with E-state index in [0.29, 0.717) is 0 Å². The fraction of sp³-hybridized carbons (Fsp3) is 0.462. The van der Waals surface area contributed by atoms with Crippen molar-refractivity contribution in [3.05, 3.63) is 23.7 Å². The minimum atomic E-state index is -0.907. The molecule has 0 aliphatic rings. The van der Waals surface area contributed by atoms with Crippen LogP contribution in [0.5, 0.6) is 5.75 Å². The van der Waals surface area contributed by atoms with Crippen molar-refractivity contribution in [1.29, 1.82) is 0 Å². The minimum Gasteiger partial charge on any atom is -0.485 e. The van der Waals surface area contributed by atoms with Gasteiger partial charge in [-0.15, -0.1) is 11.3 Å². The molecule has 0 saturated carbocycles. The van der Waals surface area contributed by atoms with Crippen molar-refractivity contribution in [3.63, 3.8) is 0 Å². The maximum absolute atomic E-state index is 10.0. The number of aromatic nitrogens is 1. The van der Waals surface area contributed by atoms with Gasteiger partial charge in [-0.05, 0) is 45.9 Å². The summed E-state index contributed by atoms with van der Waals surface area (Å²) < 4.78 is 6.96. The number of fused-ring (bicyclic) bond motifs is 1. The van der Waals surface area contributed by atoms with Gasteiger partial charge >= 0.3 is 0 Å². The van der Waals surface area contributed by atoms with E-state index in [1.807, 2.05) is 37.6 Å². The van der Waals surface area contributed by atoms with Gasteiger partial charge in [0, 0.05) is 0 Å². The number of nitrogens with zero attached hydrogens (tertiary/aromatic N) is 1. The lowest BCUT2D eigenvalue weighted by Crippen LogP contribution is -2.49. The highest BCUT2D eigenvalue weighted by atomic mass is 32.1. The predicted octanol–water partition coefficient (Wildman–Crippen LogP) is 3.22. The largest absolute Gasteiger partial charge is 0.485 e. The highest BCUT2D eigenvalue weighted by Crippen LogP contribution is 2.30. The van der Waals surface area contributed by atoms with E-state index < -0.39 is 11.2 Å². The van der Waals surface area contributed by atoms with Crippen LogP contribution < -0.4 is 4.74 Å². The van der Waals surface area contributed by atoms with Gasteiger partial charge in [0.1, 0.15) is 11.4 Å². The van der Waals surface area contributed by atoms with E-state index in [1.54, 1.807) is 25.2 Å². The lowest BCUT2D eigenvalue weighted by atomic mass is 9.89. The molecule has 3 nitrogen and oxygen atoms in total. The van der Waals surface area contributed by atoms with Crippen LogP contribution >= 0.6 is 11.3 Å². The molecule has 2 aromatic rings. The van der Waals surface area contributed by atoms with Crippen LogP contribution in [0.1, 0.15) is 27.7 Å². The first-order valence-corrected chi connectivity index (χ1v) is 6.42. The lowest BCUT2D eigenvalue weighted by Gasteiger charge is -2.37. The molecule has 0 saturated heterocycles. The number of ether oxygens (including phenoxy) is 1. The summed E-state index contributed by atoms with van der Waals surface area (Å²) in [5, 5.41) is 10.0. The van der Waals surface area contributed by atoms with Crippen LogP contribution in [0.4, 0.5) is 0 Å². The molecule has 0 radical (unpaired) electrons. The van der Waals surface area contributed by atoms with Crippen molar-refractivity contribution in [1.82, 2.24) is 4.98 Å². The van der Waals surface area contributed by atoms with Crippen LogP contribution in [-0.2, 0) is 0 Å². The zero-order chi connectivity index (χ0) is 12.7. The molecular weight excluding hydrogens is 234 g/mol. The average Bonchev–Trinajstić information content (AvgIpc) is 2.62. The molecule has 92 valence electrons. The molecule has 0 aliphatic carbocycles. The molecule has 0 aliphatic heterocycles. The monoisotopic (exact) mass is 251 g/mol. The average molecular weight is 251 g/mol. The van der Waals surface area contributed by atoms with Gasteiger partial charge in [0.2, 0.25) is 0 Å². The highest BCUT2D eigenvalue weighted by Gasteiger charge is 2.37. The Balaban J connectivity index is 2.29. The molecular formula is C13H17NO2S. The first-order chi connectivity index (χ1) is 7.79. The summed E-state index contributed by atoms with van der Waals surface area (Å²) in [6.45, 7) is 7.25. The fourth-order valence-corrected chi connectivity index (χ4v) is 2.02. The summed E-state index contributed by atoms with van der Waals surface area (Å²) in [6, 6.07) is 5.78. The van der Waals surface area contributed by atoms with Gasteiger partial charge in [-0.2, -0.15) is 0 Å². The predicted molar refractivity (Wildman–Crippen MR) is 70.6 cm³/mol. The van der Waals surface area contributed by atoms with Gasteiger partial charge in [0.25, 0.3) is 0 Å². The Morgan fingerprint density at radius 3 is 2.59 bits per heavy atom. The van der Waals surface area contributed by atoms with Crippen LogP contribution in [0.3, 0.4) is 0 Å². The van der Waals surface area contributed by atoms with Crippen LogP contribution in [0, 0.1) is 0 Å². The highest BCUT2D eigenvalue weighted by molar-refractivity contribution is 7.16. The fourth-order valence-electron chi connectivity index (χ4n) is 1.32. The molecule has 2 rings (SSSR count). The quantitative estimate of drug-likeness (QED) is 0.910. The van der Waals surface area contributed by atoms with Crippen molar-refractivity contribution in [2.45, 2.75) is 38.9 Å². The van der Waals surface area contributed by atoms with Crippen LogP contribution in [0.25, 0.3) is 10.2 Å². The molecule has 0 amide bonds. The van der Waals surface area contributed by atoms with Crippen molar-refractivity contribution < 1.29 is 9.84 Å². The Kier molecular flexibility index (Phi) is 2.87. The molecule has 1 aromatic carbocycles. The van der Waals surface area contributed by atoms with Crippen LogP contribution in [0.2, 0.25) is 0 Å². The second-order valence-corrected chi connectivity index (χ2v) is 6.04.